The predicted octanol–water partition coefficient (Wildman–Crippen LogP) is 2.26. The second-order valence-electron chi connectivity index (χ2n) is 8.46. The summed E-state index contributed by atoms with van der Waals surface area (Å²) in [5.41, 5.74) is 2.18. The summed E-state index contributed by atoms with van der Waals surface area (Å²) >= 11 is 0. The van der Waals surface area contributed by atoms with Crippen molar-refractivity contribution in [1.29, 1.82) is 0 Å². The van der Waals surface area contributed by atoms with Crippen LogP contribution in [0, 0.1) is 5.92 Å². The first-order valence-electron chi connectivity index (χ1n) is 11.0. The minimum absolute atomic E-state index is 0.104. The summed E-state index contributed by atoms with van der Waals surface area (Å²) in [7, 11) is -3.33. The van der Waals surface area contributed by atoms with Gasteiger partial charge in [0.15, 0.2) is 0 Å². The molecule has 0 spiro atoms. The molecule has 0 aliphatic carbocycles. The maximum absolute atomic E-state index is 12.9. The number of nitrogens with one attached hydrogen (secondary N) is 1. The Bertz CT molecular complexity index is 848. The SMILES string of the molecule is CCC(CC)[C@H](CNC(=O)c1ccc2c(c1)C[C@H](C)N2S(C)(=O)=O)N1CCOCC1. The van der Waals surface area contributed by atoms with Crippen molar-refractivity contribution in [3.05, 3.63) is 29.3 Å². The molecule has 30 heavy (non-hydrogen) atoms. The van der Waals surface area contributed by atoms with E-state index >= 15 is 0 Å². The Balaban J connectivity index is 1.71. The number of hydrogen-bond donors (Lipinski definition) is 1. The quantitative estimate of drug-likeness (QED) is 0.675. The van der Waals surface area contributed by atoms with Gasteiger partial charge in [-0.3, -0.25) is 14.0 Å². The molecule has 0 bridgehead atoms. The first kappa shape index (κ1) is 23.0. The van der Waals surface area contributed by atoms with Crippen molar-refractivity contribution in [2.75, 3.05) is 43.4 Å². The molecule has 8 heteroatoms. The number of amides is 1. The van der Waals surface area contributed by atoms with E-state index in [0.29, 0.717) is 36.2 Å². The molecular weight excluding hydrogens is 402 g/mol. The molecule has 0 saturated carbocycles. The summed E-state index contributed by atoms with van der Waals surface area (Å²) < 4.78 is 31.2. The fourth-order valence-corrected chi connectivity index (χ4v) is 6.15. The monoisotopic (exact) mass is 437 g/mol. The third-order valence-corrected chi connectivity index (χ3v) is 7.70. The van der Waals surface area contributed by atoms with E-state index in [2.05, 4.69) is 24.1 Å². The van der Waals surface area contributed by atoms with Gasteiger partial charge in [-0.25, -0.2) is 8.42 Å². The van der Waals surface area contributed by atoms with E-state index in [0.717, 1.165) is 44.7 Å². The molecule has 7 nitrogen and oxygen atoms in total. The lowest BCUT2D eigenvalue weighted by Crippen LogP contribution is -2.52. The van der Waals surface area contributed by atoms with Crippen LogP contribution in [-0.4, -0.2) is 70.4 Å². The number of ether oxygens (including phenoxy) is 1. The summed E-state index contributed by atoms with van der Waals surface area (Å²) in [6, 6.07) is 5.49. The summed E-state index contributed by atoms with van der Waals surface area (Å²) in [6.45, 7) is 10.2. The molecule has 2 aliphatic heterocycles. The summed E-state index contributed by atoms with van der Waals surface area (Å²) in [5.74, 6) is 0.417. The zero-order valence-corrected chi connectivity index (χ0v) is 19.4. The number of anilines is 1. The molecule has 0 unspecified atom stereocenters. The highest BCUT2D eigenvalue weighted by molar-refractivity contribution is 7.92. The molecule has 2 heterocycles. The van der Waals surface area contributed by atoms with E-state index in [-0.39, 0.29) is 11.9 Å². The zero-order valence-electron chi connectivity index (χ0n) is 18.6. The topological polar surface area (TPSA) is 79.0 Å². The second-order valence-corrected chi connectivity index (χ2v) is 10.3. The van der Waals surface area contributed by atoms with Crippen LogP contribution in [0.3, 0.4) is 0 Å². The minimum Gasteiger partial charge on any atom is -0.379 e. The summed E-state index contributed by atoms with van der Waals surface area (Å²) in [5, 5.41) is 3.14. The Kier molecular flexibility index (Phi) is 7.42. The van der Waals surface area contributed by atoms with Gasteiger partial charge in [-0.1, -0.05) is 26.7 Å². The summed E-state index contributed by atoms with van der Waals surface area (Å²) in [6.07, 6.45) is 4.00. The fourth-order valence-electron chi connectivity index (χ4n) is 4.88. The van der Waals surface area contributed by atoms with Crippen molar-refractivity contribution in [3.63, 3.8) is 0 Å². The van der Waals surface area contributed by atoms with Crippen molar-refractivity contribution < 1.29 is 17.9 Å². The standard InChI is InChI=1S/C22H35N3O4S/c1-5-17(6-2)21(24-9-11-29-12-10-24)15-23-22(26)18-7-8-20-19(14-18)13-16(3)25(20)30(4,27)28/h7-8,14,16-17,21H,5-6,9-13,15H2,1-4H3,(H,23,26)/t16-,21-/m0/s1. The smallest absolute Gasteiger partial charge is 0.251 e. The Hall–Kier alpha value is -1.64. The van der Waals surface area contributed by atoms with E-state index in [1.54, 1.807) is 12.1 Å². The number of fused-ring (bicyclic) bond motifs is 1. The van der Waals surface area contributed by atoms with Gasteiger partial charge in [-0.05, 0) is 43.0 Å². The highest BCUT2D eigenvalue weighted by Gasteiger charge is 2.33. The first-order chi connectivity index (χ1) is 14.3. The van der Waals surface area contributed by atoms with Crippen LogP contribution in [0.1, 0.15) is 49.5 Å². The third-order valence-electron chi connectivity index (χ3n) is 6.43. The zero-order chi connectivity index (χ0) is 21.9. The van der Waals surface area contributed by atoms with Gasteiger partial charge in [0, 0.05) is 37.3 Å². The fraction of sp³-hybridized carbons (Fsp3) is 0.682. The van der Waals surface area contributed by atoms with E-state index in [9.17, 15) is 13.2 Å². The molecule has 2 atom stereocenters. The van der Waals surface area contributed by atoms with E-state index in [1.807, 2.05) is 13.0 Å². The molecule has 3 rings (SSSR count). The highest BCUT2D eigenvalue weighted by atomic mass is 32.2. The van der Waals surface area contributed by atoms with E-state index in [4.69, 9.17) is 4.74 Å². The number of morpholine rings is 1. The van der Waals surface area contributed by atoms with Crippen LogP contribution in [0.25, 0.3) is 0 Å². The Labute approximate surface area is 180 Å². The first-order valence-corrected chi connectivity index (χ1v) is 12.8. The predicted molar refractivity (Wildman–Crippen MR) is 120 cm³/mol. The number of nitrogens with zero attached hydrogens (tertiary/aromatic N) is 2. The summed E-state index contributed by atoms with van der Waals surface area (Å²) in [4.78, 5) is 15.3. The van der Waals surface area contributed by atoms with E-state index < -0.39 is 10.0 Å². The lowest BCUT2D eigenvalue weighted by atomic mass is 9.92. The van der Waals surface area contributed by atoms with Crippen molar-refractivity contribution >= 4 is 21.6 Å². The molecule has 0 aromatic heterocycles. The number of carbonyl (C=O) groups excluding carboxylic acids is 1. The number of hydrogen-bond acceptors (Lipinski definition) is 5. The van der Waals surface area contributed by atoms with Gasteiger partial charge >= 0.3 is 0 Å². The molecule has 1 N–H and O–H groups in total. The van der Waals surface area contributed by atoms with Gasteiger partial charge in [-0.15, -0.1) is 0 Å². The van der Waals surface area contributed by atoms with Crippen LogP contribution in [0.5, 0.6) is 0 Å². The van der Waals surface area contributed by atoms with Gasteiger partial charge in [0.25, 0.3) is 5.91 Å². The molecule has 1 saturated heterocycles. The lowest BCUT2D eigenvalue weighted by molar-refractivity contribution is 0.00191. The molecule has 2 aliphatic rings. The average molecular weight is 438 g/mol. The maximum atomic E-state index is 12.9. The Morgan fingerprint density at radius 1 is 1.23 bits per heavy atom. The van der Waals surface area contributed by atoms with Gasteiger partial charge in [0.1, 0.15) is 0 Å². The molecule has 1 fully saturated rings. The molecule has 1 aromatic rings. The van der Waals surface area contributed by atoms with Gasteiger partial charge in [-0.2, -0.15) is 0 Å². The van der Waals surface area contributed by atoms with Crippen LogP contribution in [0.4, 0.5) is 5.69 Å². The van der Waals surface area contributed by atoms with Crippen molar-refractivity contribution in [2.45, 2.75) is 52.1 Å². The molecule has 168 valence electrons. The Morgan fingerprint density at radius 2 is 1.90 bits per heavy atom. The van der Waals surface area contributed by atoms with Crippen LogP contribution < -0.4 is 9.62 Å². The third kappa shape index (κ3) is 4.98. The lowest BCUT2D eigenvalue weighted by Gasteiger charge is -2.38. The number of carbonyl (C=O) groups is 1. The van der Waals surface area contributed by atoms with E-state index in [1.165, 1.54) is 10.6 Å². The highest BCUT2D eigenvalue weighted by Crippen LogP contribution is 2.34. The minimum atomic E-state index is -3.33. The van der Waals surface area contributed by atoms with Crippen molar-refractivity contribution in [1.82, 2.24) is 10.2 Å². The average Bonchev–Trinajstić information content (AvgIpc) is 3.06. The number of sulfonamides is 1. The normalized spacial score (nSPS) is 21.0. The van der Waals surface area contributed by atoms with Crippen molar-refractivity contribution in [2.24, 2.45) is 5.92 Å². The molecular formula is C22H35N3O4S. The Morgan fingerprint density at radius 3 is 2.50 bits per heavy atom. The largest absolute Gasteiger partial charge is 0.379 e. The number of rotatable bonds is 8. The molecule has 1 amide bonds. The number of benzene rings is 1. The second kappa shape index (κ2) is 9.66. The maximum Gasteiger partial charge on any atom is 0.251 e. The van der Waals surface area contributed by atoms with Gasteiger partial charge in [0.05, 0.1) is 25.2 Å². The van der Waals surface area contributed by atoms with Crippen LogP contribution in [0.15, 0.2) is 18.2 Å². The van der Waals surface area contributed by atoms with Crippen LogP contribution >= 0.6 is 0 Å². The molecule has 0 radical (unpaired) electrons. The van der Waals surface area contributed by atoms with Gasteiger partial charge in [0.2, 0.25) is 10.0 Å². The van der Waals surface area contributed by atoms with Crippen molar-refractivity contribution in [3.8, 4) is 0 Å². The molecule has 1 aromatic carbocycles. The van der Waals surface area contributed by atoms with Crippen LogP contribution in [0.2, 0.25) is 0 Å². The van der Waals surface area contributed by atoms with Crippen LogP contribution in [-0.2, 0) is 21.2 Å². The van der Waals surface area contributed by atoms with Gasteiger partial charge < -0.3 is 10.1 Å².